The fourth-order valence-corrected chi connectivity index (χ4v) is 3.27. The Morgan fingerprint density at radius 1 is 1.36 bits per heavy atom. The van der Waals surface area contributed by atoms with Gasteiger partial charge in [0, 0.05) is 32.2 Å². The van der Waals surface area contributed by atoms with Gasteiger partial charge in [-0.15, -0.1) is 0 Å². The molecule has 0 bridgehead atoms. The summed E-state index contributed by atoms with van der Waals surface area (Å²) in [6.07, 6.45) is 0. The molecule has 2 N–H and O–H groups in total. The number of nitrogens with zero attached hydrogens (tertiary/aromatic N) is 2. The standard InChI is InChI=1S/C15H22ClN3O3/c1-15(2,3)14(18-8-6-17-7-9-18)12-11(19(21)22)5-4-10(16)13(12)20/h4-5,14,17,20H,6-9H2,1-3H3/t14-/m0/s1. The number of nitro benzene ring substituents is 1. The minimum atomic E-state index is -0.452. The molecular formula is C15H22ClN3O3. The molecule has 0 amide bonds. The van der Waals surface area contributed by atoms with Crippen molar-refractivity contribution in [2.45, 2.75) is 26.8 Å². The van der Waals surface area contributed by atoms with Crippen LogP contribution in [0.1, 0.15) is 32.4 Å². The summed E-state index contributed by atoms with van der Waals surface area (Å²) in [5.74, 6) is -0.186. The van der Waals surface area contributed by atoms with E-state index in [1.807, 2.05) is 20.8 Å². The van der Waals surface area contributed by atoms with Crippen LogP contribution in [0.5, 0.6) is 5.75 Å². The van der Waals surface area contributed by atoms with E-state index >= 15 is 0 Å². The summed E-state index contributed by atoms with van der Waals surface area (Å²) in [5, 5.41) is 25.2. The van der Waals surface area contributed by atoms with E-state index < -0.39 is 4.92 Å². The number of benzene rings is 1. The molecule has 0 aliphatic carbocycles. The van der Waals surface area contributed by atoms with E-state index in [2.05, 4.69) is 10.2 Å². The van der Waals surface area contributed by atoms with E-state index in [4.69, 9.17) is 11.6 Å². The zero-order valence-corrected chi connectivity index (χ0v) is 13.9. The van der Waals surface area contributed by atoms with Gasteiger partial charge in [-0.05, 0) is 11.5 Å². The van der Waals surface area contributed by atoms with Gasteiger partial charge in [0.15, 0.2) is 0 Å². The first-order valence-electron chi connectivity index (χ1n) is 7.34. The summed E-state index contributed by atoms with van der Waals surface area (Å²) in [4.78, 5) is 13.1. The molecule has 1 fully saturated rings. The van der Waals surface area contributed by atoms with Crippen molar-refractivity contribution < 1.29 is 10.0 Å². The van der Waals surface area contributed by atoms with Gasteiger partial charge in [0.1, 0.15) is 5.75 Å². The quantitative estimate of drug-likeness (QED) is 0.659. The van der Waals surface area contributed by atoms with E-state index in [-0.39, 0.29) is 27.9 Å². The second-order valence-electron chi connectivity index (χ2n) is 6.64. The van der Waals surface area contributed by atoms with Gasteiger partial charge >= 0.3 is 0 Å². The molecule has 122 valence electrons. The number of halogens is 1. The van der Waals surface area contributed by atoms with Gasteiger partial charge in [-0.2, -0.15) is 0 Å². The molecule has 1 aliphatic heterocycles. The van der Waals surface area contributed by atoms with E-state index in [1.54, 1.807) is 0 Å². The van der Waals surface area contributed by atoms with Crippen molar-refractivity contribution in [1.29, 1.82) is 0 Å². The van der Waals surface area contributed by atoms with Crippen LogP contribution in [0.2, 0.25) is 5.02 Å². The van der Waals surface area contributed by atoms with Crippen molar-refractivity contribution in [3.8, 4) is 5.75 Å². The van der Waals surface area contributed by atoms with Gasteiger partial charge in [0.2, 0.25) is 0 Å². The van der Waals surface area contributed by atoms with Crippen LogP contribution in [0.4, 0.5) is 5.69 Å². The van der Waals surface area contributed by atoms with Crippen molar-refractivity contribution in [1.82, 2.24) is 10.2 Å². The average molecular weight is 328 g/mol. The summed E-state index contributed by atoms with van der Waals surface area (Å²) in [7, 11) is 0. The molecule has 1 aromatic carbocycles. The second kappa shape index (κ2) is 6.40. The maximum Gasteiger partial charge on any atom is 0.278 e. The number of phenols is 1. The second-order valence-corrected chi connectivity index (χ2v) is 7.05. The zero-order chi connectivity index (χ0) is 16.5. The van der Waals surface area contributed by atoms with Crippen molar-refractivity contribution in [3.05, 3.63) is 32.8 Å². The molecule has 1 aromatic rings. The van der Waals surface area contributed by atoms with Gasteiger partial charge in [-0.1, -0.05) is 32.4 Å². The first kappa shape index (κ1) is 17.0. The number of hydrogen-bond donors (Lipinski definition) is 2. The lowest BCUT2D eigenvalue weighted by atomic mass is 9.80. The molecule has 0 unspecified atom stereocenters. The van der Waals surface area contributed by atoms with Gasteiger partial charge in [-0.3, -0.25) is 15.0 Å². The highest BCUT2D eigenvalue weighted by molar-refractivity contribution is 6.32. The lowest BCUT2D eigenvalue weighted by molar-refractivity contribution is -0.386. The summed E-state index contributed by atoms with van der Waals surface area (Å²) >= 11 is 6.02. The highest BCUT2D eigenvalue weighted by Crippen LogP contribution is 2.47. The number of aromatic hydroxyl groups is 1. The van der Waals surface area contributed by atoms with Crippen LogP contribution in [-0.4, -0.2) is 41.1 Å². The maximum absolute atomic E-state index is 11.4. The van der Waals surface area contributed by atoms with Crippen molar-refractivity contribution in [2.75, 3.05) is 26.2 Å². The van der Waals surface area contributed by atoms with Crippen LogP contribution >= 0.6 is 11.6 Å². The van der Waals surface area contributed by atoms with E-state index in [1.165, 1.54) is 12.1 Å². The predicted octanol–water partition coefficient (Wildman–Crippen LogP) is 2.95. The van der Waals surface area contributed by atoms with Gasteiger partial charge in [0.25, 0.3) is 5.69 Å². The molecule has 6 nitrogen and oxygen atoms in total. The molecule has 7 heteroatoms. The smallest absolute Gasteiger partial charge is 0.278 e. The Morgan fingerprint density at radius 3 is 2.45 bits per heavy atom. The van der Waals surface area contributed by atoms with Crippen molar-refractivity contribution in [2.24, 2.45) is 5.41 Å². The summed E-state index contributed by atoms with van der Waals surface area (Å²) in [5.41, 5.74) is -0.0585. The van der Waals surface area contributed by atoms with Crippen molar-refractivity contribution in [3.63, 3.8) is 0 Å². The highest BCUT2D eigenvalue weighted by atomic mass is 35.5. The van der Waals surface area contributed by atoms with Crippen molar-refractivity contribution >= 4 is 17.3 Å². The number of nitrogens with one attached hydrogen (secondary N) is 1. The van der Waals surface area contributed by atoms with Crippen LogP contribution in [0.25, 0.3) is 0 Å². The lowest BCUT2D eigenvalue weighted by Crippen LogP contribution is -2.48. The van der Waals surface area contributed by atoms with Gasteiger partial charge < -0.3 is 10.4 Å². The van der Waals surface area contributed by atoms with Crippen LogP contribution in [0.3, 0.4) is 0 Å². The molecule has 0 radical (unpaired) electrons. The molecular weight excluding hydrogens is 306 g/mol. The number of rotatable bonds is 3. The Kier molecular flexibility index (Phi) is 4.94. The third-order valence-corrected chi connectivity index (χ3v) is 4.26. The third-order valence-electron chi connectivity index (χ3n) is 3.95. The highest BCUT2D eigenvalue weighted by Gasteiger charge is 2.39. The molecule has 0 saturated carbocycles. The van der Waals surface area contributed by atoms with Gasteiger partial charge in [0.05, 0.1) is 21.6 Å². The maximum atomic E-state index is 11.4. The van der Waals surface area contributed by atoms with E-state index in [9.17, 15) is 15.2 Å². The number of nitro groups is 1. The van der Waals surface area contributed by atoms with E-state index in [0.29, 0.717) is 5.56 Å². The Morgan fingerprint density at radius 2 is 1.95 bits per heavy atom. The average Bonchev–Trinajstić information content (AvgIpc) is 2.43. The van der Waals surface area contributed by atoms with Crippen LogP contribution in [0, 0.1) is 15.5 Å². The minimum absolute atomic E-state index is 0.0830. The van der Waals surface area contributed by atoms with Crippen LogP contribution < -0.4 is 5.32 Å². The predicted molar refractivity (Wildman–Crippen MR) is 86.4 cm³/mol. The fraction of sp³-hybridized carbons (Fsp3) is 0.600. The van der Waals surface area contributed by atoms with Crippen LogP contribution in [0.15, 0.2) is 12.1 Å². The molecule has 1 atom stereocenters. The first-order valence-corrected chi connectivity index (χ1v) is 7.72. The minimum Gasteiger partial charge on any atom is -0.506 e. The molecule has 0 aromatic heterocycles. The molecule has 2 rings (SSSR count). The molecule has 1 aliphatic rings. The Bertz CT molecular complexity index is 566. The summed E-state index contributed by atoms with van der Waals surface area (Å²) in [6.45, 7) is 9.23. The third kappa shape index (κ3) is 3.34. The first-order chi connectivity index (χ1) is 10.2. The zero-order valence-electron chi connectivity index (χ0n) is 13.1. The fourth-order valence-electron chi connectivity index (χ4n) is 3.10. The monoisotopic (exact) mass is 327 g/mol. The normalized spacial score (nSPS) is 18.2. The number of hydrogen-bond acceptors (Lipinski definition) is 5. The number of piperazine rings is 1. The topological polar surface area (TPSA) is 78.6 Å². The Balaban J connectivity index is 2.61. The lowest BCUT2D eigenvalue weighted by Gasteiger charge is -2.42. The van der Waals surface area contributed by atoms with Crippen LogP contribution in [-0.2, 0) is 0 Å². The SMILES string of the molecule is CC(C)(C)[C@H](c1c([N+](=O)[O-])ccc(Cl)c1O)N1CCNCC1. The molecule has 1 heterocycles. The van der Waals surface area contributed by atoms with E-state index in [0.717, 1.165) is 26.2 Å². The molecule has 1 saturated heterocycles. The van der Waals surface area contributed by atoms with Gasteiger partial charge in [-0.25, -0.2) is 0 Å². The Hall–Kier alpha value is -1.37. The molecule has 0 spiro atoms. The largest absolute Gasteiger partial charge is 0.506 e. The number of phenolic OH excluding ortho intramolecular Hbond substituents is 1. The Labute approximate surface area is 135 Å². The summed E-state index contributed by atoms with van der Waals surface area (Å²) < 4.78 is 0. The molecule has 22 heavy (non-hydrogen) atoms. The summed E-state index contributed by atoms with van der Waals surface area (Å²) in [6, 6.07) is 2.46.